The van der Waals surface area contributed by atoms with Crippen molar-refractivity contribution in [3.8, 4) is 17.6 Å². The molecule has 1 aliphatic carbocycles. The molecule has 1 heterocycles. The number of methoxy groups -OCH3 is 2. The van der Waals surface area contributed by atoms with Crippen LogP contribution in [0.2, 0.25) is 0 Å². The molecule has 0 saturated heterocycles. The highest BCUT2D eigenvalue weighted by Crippen LogP contribution is 2.39. The van der Waals surface area contributed by atoms with Crippen LogP contribution in [0.3, 0.4) is 0 Å². The lowest BCUT2D eigenvalue weighted by Crippen LogP contribution is -2.16. The Balaban J connectivity index is 1.93. The van der Waals surface area contributed by atoms with E-state index in [0.29, 0.717) is 27.6 Å². The van der Waals surface area contributed by atoms with Gasteiger partial charge in [-0.3, -0.25) is 4.79 Å². The molecule has 0 bridgehead atoms. The maximum absolute atomic E-state index is 12.9. The zero-order valence-electron chi connectivity index (χ0n) is 17.7. The van der Waals surface area contributed by atoms with Crippen LogP contribution in [-0.4, -0.2) is 32.7 Å². The first-order chi connectivity index (χ1) is 15.0. The summed E-state index contributed by atoms with van der Waals surface area (Å²) in [7, 11) is 3.04. The van der Waals surface area contributed by atoms with E-state index < -0.39 is 11.9 Å². The molecular formula is C23H24N2O5S. The highest BCUT2D eigenvalue weighted by atomic mass is 32.1. The van der Waals surface area contributed by atoms with Gasteiger partial charge in [0.05, 0.1) is 26.4 Å². The number of nitrogens with zero attached hydrogens (tertiary/aromatic N) is 1. The lowest BCUT2D eigenvalue weighted by molar-refractivity contribution is -0.112. The quantitative estimate of drug-likeness (QED) is 0.390. The summed E-state index contributed by atoms with van der Waals surface area (Å²) in [6.07, 6.45) is 5.13. The van der Waals surface area contributed by atoms with Crippen molar-refractivity contribution in [2.75, 3.05) is 26.1 Å². The van der Waals surface area contributed by atoms with Gasteiger partial charge in [0.25, 0.3) is 5.91 Å². The van der Waals surface area contributed by atoms with Crippen molar-refractivity contribution >= 4 is 34.3 Å². The third-order valence-electron chi connectivity index (χ3n) is 4.98. The van der Waals surface area contributed by atoms with Gasteiger partial charge in [0.2, 0.25) is 0 Å². The fourth-order valence-electron chi connectivity index (χ4n) is 3.49. The minimum Gasteiger partial charge on any atom is -0.497 e. The van der Waals surface area contributed by atoms with Gasteiger partial charge >= 0.3 is 5.97 Å². The van der Waals surface area contributed by atoms with Gasteiger partial charge in [0, 0.05) is 16.5 Å². The Bertz CT molecular complexity index is 1060. The molecule has 0 spiro atoms. The molecule has 1 aromatic carbocycles. The topological polar surface area (TPSA) is 97.7 Å². The first-order valence-corrected chi connectivity index (χ1v) is 10.8. The second kappa shape index (κ2) is 10.1. The number of thiophene rings is 1. The molecule has 1 aromatic heterocycles. The van der Waals surface area contributed by atoms with Crippen LogP contribution >= 0.6 is 11.3 Å². The van der Waals surface area contributed by atoms with Gasteiger partial charge in [-0.1, -0.05) is 0 Å². The van der Waals surface area contributed by atoms with Crippen LogP contribution in [0.15, 0.2) is 23.8 Å². The van der Waals surface area contributed by atoms with Crippen molar-refractivity contribution in [1.82, 2.24) is 0 Å². The fraction of sp³-hybridized carbons (Fsp3) is 0.348. The molecular weight excluding hydrogens is 416 g/mol. The lowest BCUT2D eigenvalue weighted by atomic mass is 9.95. The van der Waals surface area contributed by atoms with Crippen LogP contribution in [0.4, 0.5) is 5.00 Å². The molecule has 0 aliphatic heterocycles. The highest BCUT2D eigenvalue weighted by molar-refractivity contribution is 7.17. The number of hydrogen-bond donors (Lipinski definition) is 1. The number of esters is 1. The third-order valence-corrected chi connectivity index (χ3v) is 6.19. The molecule has 3 rings (SSSR count). The SMILES string of the molecule is CCOC(=O)c1c(NC(=O)/C(C#N)=C/c2ccc(OC)cc2OC)sc2c1CCCC2. The van der Waals surface area contributed by atoms with Crippen molar-refractivity contribution < 1.29 is 23.8 Å². The number of ether oxygens (including phenoxy) is 3. The summed E-state index contributed by atoms with van der Waals surface area (Å²) < 4.78 is 15.7. The highest BCUT2D eigenvalue weighted by Gasteiger charge is 2.27. The Kier molecular flexibility index (Phi) is 7.32. The maximum atomic E-state index is 12.9. The average Bonchev–Trinajstić information content (AvgIpc) is 3.15. The van der Waals surface area contributed by atoms with Crippen molar-refractivity contribution in [2.45, 2.75) is 32.6 Å². The van der Waals surface area contributed by atoms with Gasteiger partial charge in [-0.25, -0.2) is 4.79 Å². The monoisotopic (exact) mass is 440 g/mol. The van der Waals surface area contributed by atoms with Gasteiger partial charge < -0.3 is 19.5 Å². The second-order valence-electron chi connectivity index (χ2n) is 6.87. The number of nitriles is 1. The molecule has 0 atom stereocenters. The van der Waals surface area contributed by atoms with E-state index in [0.717, 1.165) is 36.1 Å². The van der Waals surface area contributed by atoms with E-state index in [1.165, 1.54) is 24.5 Å². The van der Waals surface area contributed by atoms with Gasteiger partial charge in [-0.2, -0.15) is 5.26 Å². The van der Waals surface area contributed by atoms with E-state index in [1.807, 2.05) is 6.07 Å². The van der Waals surface area contributed by atoms with E-state index in [4.69, 9.17) is 14.2 Å². The number of hydrogen-bond acceptors (Lipinski definition) is 7. The molecule has 0 unspecified atom stereocenters. The van der Waals surface area contributed by atoms with E-state index >= 15 is 0 Å². The average molecular weight is 441 g/mol. The Labute approximate surface area is 185 Å². The van der Waals surface area contributed by atoms with E-state index in [9.17, 15) is 14.9 Å². The zero-order valence-corrected chi connectivity index (χ0v) is 18.6. The first kappa shape index (κ1) is 22.4. The molecule has 0 saturated carbocycles. The van der Waals surface area contributed by atoms with Gasteiger partial charge in [0.1, 0.15) is 28.1 Å². The standard InChI is InChI=1S/C23H24N2O5S/c1-4-30-23(27)20-17-7-5-6-8-19(17)31-22(20)25-21(26)15(13-24)11-14-9-10-16(28-2)12-18(14)29-3/h9-12H,4-8H2,1-3H3,(H,25,26)/b15-11+. The Morgan fingerprint density at radius 2 is 2.00 bits per heavy atom. The minimum absolute atomic E-state index is 0.107. The fourth-order valence-corrected chi connectivity index (χ4v) is 4.76. The van der Waals surface area contributed by atoms with E-state index in [1.54, 1.807) is 32.2 Å². The zero-order chi connectivity index (χ0) is 22.4. The third kappa shape index (κ3) is 4.89. The predicted octanol–water partition coefficient (Wildman–Crippen LogP) is 4.37. The van der Waals surface area contributed by atoms with Crippen LogP contribution in [0.25, 0.3) is 6.08 Å². The van der Waals surface area contributed by atoms with Crippen LogP contribution in [0, 0.1) is 11.3 Å². The summed E-state index contributed by atoms with van der Waals surface area (Å²) >= 11 is 1.38. The first-order valence-electron chi connectivity index (χ1n) is 9.99. The smallest absolute Gasteiger partial charge is 0.341 e. The largest absolute Gasteiger partial charge is 0.497 e. The normalized spacial score (nSPS) is 13.0. The molecule has 1 aliphatic rings. The summed E-state index contributed by atoms with van der Waals surface area (Å²) in [6.45, 7) is 1.99. The molecule has 2 aromatic rings. The van der Waals surface area contributed by atoms with Crippen molar-refractivity contribution in [3.63, 3.8) is 0 Å². The molecule has 1 N–H and O–H groups in total. The molecule has 31 heavy (non-hydrogen) atoms. The molecule has 162 valence electrons. The van der Waals surface area contributed by atoms with E-state index in [2.05, 4.69) is 5.32 Å². The molecule has 1 amide bonds. The lowest BCUT2D eigenvalue weighted by Gasteiger charge is -2.12. The summed E-state index contributed by atoms with van der Waals surface area (Å²) in [5, 5.41) is 12.8. The Hall–Kier alpha value is -3.31. The van der Waals surface area contributed by atoms with Crippen LogP contribution in [0.1, 0.15) is 46.1 Å². The molecule has 7 nitrogen and oxygen atoms in total. The van der Waals surface area contributed by atoms with Crippen LogP contribution in [-0.2, 0) is 22.4 Å². The number of aryl methyl sites for hydroxylation is 1. The number of anilines is 1. The number of benzene rings is 1. The van der Waals surface area contributed by atoms with E-state index in [-0.39, 0.29) is 12.2 Å². The number of fused-ring (bicyclic) bond motifs is 1. The number of carbonyl (C=O) groups excluding carboxylic acids is 2. The summed E-state index contributed by atoms with van der Waals surface area (Å²) in [6, 6.07) is 7.03. The van der Waals surface area contributed by atoms with Crippen LogP contribution in [0.5, 0.6) is 11.5 Å². The predicted molar refractivity (Wildman–Crippen MR) is 119 cm³/mol. The van der Waals surface area contributed by atoms with Crippen LogP contribution < -0.4 is 14.8 Å². The number of carbonyl (C=O) groups is 2. The second-order valence-corrected chi connectivity index (χ2v) is 7.97. The van der Waals surface area contributed by atoms with Crippen molar-refractivity contribution in [1.29, 1.82) is 5.26 Å². The Morgan fingerprint density at radius 1 is 1.23 bits per heavy atom. The minimum atomic E-state index is -0.593. The number of nitrogens with one attached hydrogen (secondary N) is 1. The molecule has 8 heteroatoms. The van der Waals surface area contributed by atoms with Crippen molar-refractivity contribution in [3.05, 3.63) is 45.3 Å². The molecule has 0 fully saturated rings. The summed E-state index contributed by atoms with van der Waals surface area (Å²) in [5.74, 6) is 0.0277. The van der Waals surface area contributed by atoms with Gasteiger partial charge in [0.15, 0.2) is 0 Å². The maximum Gasteiger partial charge on any atom is 0.341 e. The molecule has 0 radical (unpaired) electrons. The van der Waals surface area contributed by atoms with Crippen molar-refractivity contribution in [2.24, 2.45) is 0 Å². The Morgan fingerprint density at radius 3 is 2.68 bits per heavy atom. The summed E-state index contributed by atoms with van der Waals surface area (Å²) in [4.78, 5) is 26.6. The number of amides is 1. The number of rotatable bonds is 7. The van der Waals surface area contributed by atoms with Gasteiger partial charge in [-0.15, -0.1) is 11.3 Å². The summed E-state index contributed by atoms with van der Waals surface area (Å²) in [5.41, 5.74) is 1.81. The van der Waals surface area contributed by atoms with Gasteiger partial charge in [-0.05, 0) is 56.4 Å².